The highest BCUT2D eigenvalue weighted by atomic mass is 16.6. The Labute approximate surface area is 194 Å². The first-order valence-corrected chi connectivity index (χ1v) is 11.6. The number of esters is 2. The lowest BCUT2D eigenvalue weighted by atomic mass is 10.0. The van der Waals surface area contributed by atoms with Crippen molar-refractivity contribution in [3.63, 3.8) is 0 Å². The van der Waals surface area contributed by atoms with Crippen molar-refractivity contribution >= 4 is 23.8 Å². The molecular weight excluding hydrogens is 432 g/mol. The van der Waals surface area contributed by atoms with Crippen LogP contribution in [0.3, 0.4) is 0 Å². The van der Waals surface area contributed by atoms with Crippen LogP contribution in [0.1, 0.15) is 53.4 Å². The van der Waals surface area contributed by atoms with Gasteiger partial charge in [-0.05, 0) is 37.5 Å². The van der Waals surface area contributed by atoms with E-state index in [0.717, 1.165) is 0 Å². The molecule has 11 heteroatoms. The molecule has 2 aliphatic rings. The molecule has 0 spiro atoms. The molecule has 188 valence electrons. The number of ether oxygens (including phenoxy) is 1. The Morgan fingerprint density at radius 2 is 1.15 bits per heavy atom. The van der Waals surface area contributed by atoms with Crippen LogP contribution in [0.4, 0.5) is 0 Å². The Bertz CT molecular complexity index is 657. The van der Waals surface area contributed by atoms with Crippen LogP contribution in [0.5, 0.6) is 0 Å². The highest BCUT2D eigenvalue weighted by Gasteiger charge is 2.35. The van der Waals surface area contributed by atoms with Gasteiger partial charge < -0.3 is 36.2 Å². The van der Waals surface area contributed by atoms with Gasteiger partial charge in [0.25, 0.3) is 0 Å². The smallest absolute Gasteiger partial charge is 0.336 e. The quantitative estimate of drug-likeness (QED) is 0.166. The number of amides is 2. The minimum atomic E-state index is -1.04. The number of nitrogens with one attached hydrogen (secondary N) is 4. The van der Waals surface area contributed by atoms with Crippen molar-refractivity contribution in [3.8, 4) is 0 Å². The number of aliphatic hydroxyl groups excluding tert-OH is 2. The first-order valence-electron chi connectivity index (χ1n) is 11.6. The van der Waals surface area contributed by atoms with Crippen LogP contribution in [0, 0.1) is 11.8 Å². The van der Waals surface area contributed by atoms with Crippen molar-refractivity contribution in [2.75, 3.05) is 13.1 Å². The third kappa shape index (κ3) is 8.65. The summed E-state index contributed by atoms with van der Waals surface area (Å²) < 4.78 is 5.10. The van der Waals surface area contributed by atoms with Crippen molar-refractivity contribution in [3.05, 3.63) is 0 Å². The van der Waals surface area contributed by atoms with Crippen LogP contribution in [0.2, 0.25) is 0 Å². The highest BCUT2D eigenvalue weighted by Crippen LogP contribution is 2.13. The number of hydrogen-bond acceptors (Lipinski definition) is 9. The third-order valence-electron chi connectivity index (χ3n) is 5.67. The molecule has 2 fully saturated rings. The van der Waals surface area contributed by atoms with Crippen molar-refractivity contribution in [1.82, 2.24) is 21.3 Å². The summed E-state index contributed by atoms with van der Waals surface area (Å²) in [7, 11) is 0. The van der Waals surface area contributed by atoms with E-state index in [1.807, 2.05) is 27.7 Å². The molecule has 6 N–H and O–H groups in total. The van der Waals surface area contributed by atoms with Crippen LogP contribution in [0.25, 0.3) is 0 Å². The molecular formula is C22H38N4O7. The molecule has 0 aromatic rings. The Morgan fingerprint density at radius 1 is 0.788 bits per heavy atom. The summed E-state index contributed by atoms with van der Waals surface area (Å²) >= 11 is 0. The number of carbonyl (C=O) groups is 4. The zero-order valence-electron chi connectivity index (χ0n) is 19.8. The predicted molar refractivity (Wildman–Crippen MR) is 119 cm³/mol. The van der Waals surface area contributed by atoms with E-state index in [1.54, 1.807) is 0 Å². The molecule has 0 unspecified atom stereocenters. The molecule has 2 aliphatic heterocycles. The monoisotopic (exact) mass is 470 g/mol. The van der Waals surface area contributed by atoms with Crippen LogP contribution in [-0.4, -0.2) is 83.4 Å². The van der Waals surface area contributed by atoms with E-state index in [2.05, 4.69) is 21.3 Å². The fourth-order valence-electron chi connectivity index (χ4n) is 3.99. The van der Waals surface area contributed by atoms with E-state index in [-0.39, 0.29) is 37.5 Å². The summed E-state index contributed by atoms with van der Waals surface area (Å²) in [6, 6.07) is -3.33. The van der Waals surface area contributed by atoms with Gasteiger partial charge in [-0.25, -0.2) is 9.59 Å². The van der Waals surface area contributed by atoms with Crippen molar-refractivity contribution in [1.29, 1.82) is 0 Å². The largest absolute Gasteiger partial charge is 0.392 e. The zero-order valence-corrected chi connectivity index (χ0v) is 19.8. The minimum absolute atomic E-state index is 0.0334. The zero-order chi connectivity index (χ0) is 24.7. The van der Waals surface area contributed by atoms with Gasteiger partial charge >= 0.3 is 11.9 Å². The Hall–Kier alpha value is -2.08. The van der Waals surface area contributed by atoms with Gasteiger partial charge in [0.05, 0.1) is 24.3 Å². The lowest BCUT2D eigenvalue weighted by molar-refractivity contribution is -0.164. The lowest BCUT2D eigenvalue weighted by Crippen LogP contribution is -2.52. The maximum Gasteiger partial charge on any atom is 0.336 e. The summed E-state index contributed by atoms with van der Waals surface area (Å²) in [4.78, 5) is 50.6. The molecule has 33 heavy (non-hydrogen) atoms. The van der Waals surface area contributed by atoms with Crippen LogP contribution >= 0.6 is 0 Å². The molecule has 0 radical (unpaired) electrons. The predicted octanol–water partition coefficient (Wildman–Crippen LogP) is -1.44. The molecule has 0 saturated carbocycles. The first-order chi connectivity index (χ1) is 15.5. The normalized spacial score (nSPS) is 26.8. The summed E-state index contributed by atoms with van der Waals surface area (Å²) in [6.45, 7) is 8.07. The second-order valence-corrected chi connectivity index (χ2v) is 9.82. The maximum atomic E-state index is 12.8. The van der Waals surface area contributed by atoms with Gasteiger partial charge in [0.15, 0.2) is 0 Å². The highest BCUT2D eigenvalue weighted by molar-refractivity contribution is 5.95. The van der Waals surface area contributed by atoms with E-state index in [4.69, 9.17) is 4.74 Å². The third-order valence-corrected chi connectivity index (χ3v) is 5.67. The van der Waals surface area contributed by atoms with Gasteiger partial charge in [-0.3, -0.25) is 9.59 Å². The molecule has 2 rings (SSSR count). The van der Waals surface area contributed by atoms with E-state index in [9.17, 15) is 29.4 Å². The number of aliphatic hydroxyl groups is 2. The number of hydrogen-bond donors (Lipinski definition) is 6. The van der Waals surface area contributed by atoms with Gasteiger partial charge in [0.1, 0.15) is 12.1 Å². The number of β-amino-alcohol motifs (C(OH)–C–C–N with tert-alkyl or cyclic N) is 2. The van der Waals surface area contributed by atoms with Crippen LogP contribution in [-0.2, 0) is 23.9 Å². The van der Waals surface area contributed by atoms with Crippen LogP contribution in [0.15, 0.2) is 0 Å². The topological polar surface area (TPSA) is 166 Å². The lowest BCUT2D eigenvalue weighted by Gasteiger charge is -2.24. The fraction of sp³-hybridized carbons (Fsp3) is 0.818. The summed E-state index contributed by atoms with van der Waals surface area (Å²) in [5.41, 5.74) is 0. The Morgan fingerprint density at radius 3 is 1.42 bits per heavy atom. The number of rotatable bonds is 10. The molecule has 0 aromatic heterocycles. The van der Waals surface area contributed by atoms with Crippen molar-refractivity contribution in [2.45, 2.75) is 89.8 Å². The molecule has 0 bridgehead atoms. The van der Waals surface area contributed by atoms with E-state index < -0.39 is 60.1 Å². The summed E-state index contributed by atoms with van der Waals surface area (Å²) in [5.74, 6) is -2.60. The van der Waals surface area contributed by atoms with Gasteiger partial charge in [-0.15, -0.1) is 0 Å². The second kappa shape index (κ2) is 12.4. The van der Waals surface area contributed by atoms with E-state index >= 15 is 0 Å². The average Bonchev–Trinajstić information content (AvgIpc) is 3.34. The molecule has 2 heterocycles. The van der Waals surface area contributed by atoms with Gasteiger partial charge in [0.2, 0.25) is 11.8 Å². The molecule has 2 saturated heterocycles. The van der Waals surface area contributed by atoms with Gasteiger partial charge in [-0.1, -0.05) is 27.7 Å². The molecule has 0 aliphatic carbocycles. The van der Waals surface area contributed by atoms with Crippen molar-refractivity contribution < 1.29 is 34.1 Å². The molecule has 2 amide bonds. The van der Waals surface area contributed by atoms with Gasteiger partial charge in [-0.2, -0.15) is 0 Å². The van der Waals surface area contributed by atoms with Crippen LogP contribution < -0.4 is 21.3 Å². The number of carbonyl (C=O) groups excluding carboxylic acids is 4. The Kier molecular flexibility index (Phi) is 10.2. The van der Waals surface area contributed by atoms with Gasteiger partial charge in [0, 0.05) is 13.1 Å². The fourth-order valence-corrected chi connectivity index (χ4v) is 3.99. The summed E-state index contributed by atoms with van der Waals surface area (Å²) in [6.07, 6.45) is -0.264. The molecule has 11 nitrogen and oxygen atoms in total. The van der Waals surface area contributed by atoms with E-state index in [1.165, 1.54) is 0 Å². The Balaban J connectivity index is 2.01. The SMILES string of the molecule is CC(C)C[C@H](NC(=O)[C@@H]1C[C@@H](O)CN1)C(=O)OC(=O)[C@H](CC(C)C)NC(=O)[C@@H]1C[C@@H](O)CN1. The van der Waals surface area contributed by atoms with E-state index in [0.29, 0.717) is 13.1 Å². The molecule has 6 atom stereocenters. The first kappa shape index (κ1) is 27.2. The average molecular weight is 471 g/mol. The summed E-state index contributed by atoms with van der Waals surface area (Å²) in [5, 5.41) is 30.3. The molecule has 0 aromatic carbocycles. The maximum absolute atomic E-state index is 12.8. The second-order valence-electron chi connectivity index (χ2n) is 9.82. The minimum Gasteiger partial charge on any atom is -0.392 e. The standard InChI is InChI=1S/C22H38N4O7/c1-11(2)5-17(25-19(29)15-7-13(27)9-23-15)21(31)33-22(32)18(6-12(3)4)26-20(30)16-8-14(28)10-24-16/h11-18,23-24,27-28H,5-10H2,1-4H3,(H,25,29)(H,26,30)/t13-,14-,15+,16+,17+,18+/m1/s1. The van der Waals surface area contributed by atoms with Crippen molar-refractivity contribution in [2.24, 2.45) is 11.8 Å².